The largest absolute Gasteiger partial charge is 0.284 e. The Kier molecular flexibility index (Phi) is 4.07. The van der Waals surface area contributed by atoms with Gasteiger partial charge in [0.25, 0.3) is 0 Å². The third-order valence-electron chi connectivity index (χ3n) is 1.33. The first-order chi connectivity index (χ1) is 6.22. The molecular formula is C10H7BrOS. The second-order valence-corrected chi connectivity index (χ2v) is 4.28. The number of benzene rings is 1. The third-order valence-corrected chi connectivity index (χ3v) is 2.81. The van der Waals surface area contributed by atoms with Gasteiger partial charge in [0.15, 0.2) is 0 Å². The Bertz CT molecular complexity index is 354. The van der Waals surface area contributed by atoms with Crippen LogP contribution in [0.3, 0.4) is 0 Å². The van der Waals surface area contributed by atoms with Crippen LogP contribution in [0.2, 0.25) is 0 Å². The zero-order valence-electron chi connectivity index (χ0n) is 6.79. The highest BCUT2D eigenvalue weighted by atomic mass is 79.9. The quantitative estimate of drug-likeness (QED) is 0.469. The van der Waals surface area contributed by atoms with Gasteiger partial charge < -0.3 is 0 Å². The molecule has 0 fully saturated rings. The summed E-state index contributed by atoms with van der Waals surface area (Å²) in [7, 11) is 0. The number of hydrogen-bond donors (Lipinski definition) is 0. The van der Waals surface area contributed by atoms with Crippen molar-refractivity contribution in [3.63, 3.8) is 0 Å². The van der Waals surface area contributed by atoms with Crippen molar-refractivity contribution in [2.75, 3.05) is 5.75 Å². The standard InChI is InChI=1S/C10H7BrOS/c1-2-9(12)7-13-10-5-3-4-8(11)6-10/h1,3-6H,7H2. The van der Waals surface area contributed by atoms with Crippen LogP contribution in [0, 0.1) is 12.3 Å². The number of rotatable bonds is 3. The van der Waals surface area contributed by atoms with Gasteiger partial charge in [-0.2, -0.15) is 0 Å². The van der Waals surface area contributed by atoms with Crippen molar-refractivity contribution in [1.82, 2.24) is 0 Å². The molecule has 13 heavy (non-hydrogen) atoms. The van der Waals surface area contributed by atoms with Crippen molar-refractivity contribution >= 4 is 33.5 Å². The van der Waals surface area contributed by atoms with Crippen LogP contribution >= 0.6 is 27.7 Å². The van der Waals surface area contributed by atoms with E-state index < -0.39 is 0 Å². The molecule has 1 rings (SSSR count). The van der Waals surface area contributed by atoms with Gasteiger partial charge in [0, 0.05) is 9.37 Å². The summed E-state index contributed by atoms with van der Waals surface area (Å²) in [4.78, 5) is 11.8. The van der Waals surface area contributed by atoms with E-state index in [0.29, 0.717) is 5.75 Å². The summed E-state index contributed by atoms with van der Waals surface area (Å²) in [5, 5.41) is 0. The minimum Gasteiger partial charge on any atom is -0.284 e. The molecule has 0 N–H and O–H groups in total. The summed E-state index contributed by atoms with van der Waals surface area (Å²) in [5.41, 5.74) is 0. The van der Waals surface area contributed by atoms with Gasteiger partial charge in [0.2, 0.25) is 5.78 Å². The second-order valence-electron chi connectivity index (χ2n) is 2.31. The fraction of sp³-hybridized carbons (Fsp3) is 0.100. The molecule has 1 aromatic rings. The predicted molar refractivity (Wildman–Crippen MR) is 58.7 cm³/mol. The minimum atomic E-state index is -0.176. The fourth-order valence-electron chi connectivity index (χ4n) is 0.747. The lowest BCUT2D eigenvalue weighted by atomic mass is 10.4. The molecule has 3 heteroatoms. The summed E-state index contributed by atoms with van der Waals surface area (Å²) in [6, 6.07) is 7.76. The third kappa shape index (κ3) is 3.67. The number of hydrogen-bond acceptors (Lipinski definition) is 2. The van der Waals surface area contributed by atoms with Gasteiger partial charge in [-0.25, -0.2) is 0 Å². The minimum absolute atomic E-state index is 0.176. The van der Waals surface area contributed by atoms with E-state index in [9.17, 15) is 4.79 Å². The van der Waals surface area contributed by atoms with E-state index in [4.69, 9.17) is 6.42 Å². The van der Waals surface area contributed by atoms with Crippen LogP contribution in [0.15, 0.2) is 33.6 Å². The Balaban J connectivity index is 2.56. The van der Waals surface area contributed by atoms with Gasteiger partial charge >= 0.3 is 0 Å². The van der Waals surface area contributed by atoms with Gasteiger partial charge in [0.05, 0.1) is 5.75 Å². The number of thioether (sulfide) groups is 1. The highest BCUT2D eigenvalue weighted by molar-refractivity contribution is 9.10. The van der Waals surface area contributed by atoms with Crippen molar-refractivity contribution in [3.05, 3.63) is 28.7 Å². The van der Waals surface area contributed by atoms with Crippen LogP contribution < -0.4 is 0 Å². The van der Waals surface area contributed by atoms with Crippen molar-refractivity contribution < 1.29 is 4.79 Å². The number of carbonyl (C=O) groups excluding carboxylic acids is 1. The van der Waals surface area contributed by atoms with E-state index in [2.05, 4.69) is 21.9 Å². The van der Waals surface area contributed by atoms with Gasteiger partial charge in [-0.1, -0.05) is 22.0 Å². The number of Topliss-reactive ketones (excluding diaryl/α,β-unsaturated/α-hetero) is 1. The summed E-state index contributed by atoms with van der Waals surface area (Å²) >= 11 is 4.79. The van der Waals surface area contributed by atoms with Gasteiger partial charge in [-0.05, 0) is 24.1 Å². The number of carbonyl (C=O) groups is 1. The van der Waals surface area contributed by atoms with Crippen LogP contribution in [-0.2, 0) is 4.79 Å². The molecule has 0 atom stereocenters. The molecule has 0 aliphatic rings. The maximum absolute atomic E-state index is 10.8. The molecule has 0 spiro atoms. The van der Waals surface area contributed by atoms with Crippen molar-refractivity contribution in [1.29, 1.82) is 0 Å². The highest BCUT2D eigenvalue weighted by Crippen LogP contribution is 2.21. The van der Waals surface area contributed by atoms with Crippen LogP contribution in [0.4, 0.5) is 0 Å². The Morgan fingerprint density at radius 1 is 1.62 bits per heavy atom. The van der Waals surface area contributed by atoms with Crippen LogP contribution in [0.5, 0.6) is 0 Å². The Morgan fingerprint density at radius 2 is 2.38 bits per heavy atom. The SMILES string of the molecule is C#CC(=O)CSc1cccc(Br)c1. The van der Waals surface area contributed by atoms with E-state index in [1.54, 1.807) is 0 Å². The van der Waals surface area contributed by atoms with Crippen LogP contribution in [-0.4, -0.2) is 11.5 Å². The molecule has 0 aliphatic heterocycles. The predicted octanol–water partition coefficient (Wildman–Crippen LogP) is 2.74. The maximum atomic E-state index is 10.8. The summed E-state index contributed by atoms with van der Waals surface area (Å²) < 4.78 is 1.01. The molecule has 0 aromatic heterocycles. The van der Waals surface area contributed by atoms with E-state index in [-0.39, 0.29) is 5.78 Å². The molecule has 0 unspecified atom stereocenters. The molecular weight excluding hydrogens is 248 g/mol. The first kappa shape index (κ1) is 10.4. The monoisotopic (exact) mass is 254 g/mol. The zero-order valence-corrected chi connectivity index (χ0v) is 9.19. The molecule has 0 radical (unpaired) electrons. The van der Waals surface area contributed by atoms with Gasteiger partial charge in [-0.15, -0.1) is 18.2 Å². The maximum Gasteiger partial charge on any atom is 0.215 e. The van der Waals surface area contributed by atoms with Crippen LogP contribution in [0.1, 0.15) is 0 Å². The van der Waals surface area contributed by atoms with Crippen molar-refractivity contribution in [2.24, 2.45) is 0 Å². The molecule has 1 nitrogen and oxygen atoms in total. The Hall–Kier alpha value is -0.720. The summed E-state index contributed by atoms with van der Waals surface area (Å²) in [5.74, 6) is 2.24. The van der Waals surface area contributed by atoms with Crippen LogP contribution in [0.25, 0.3) is 0 Å². The molecule has 0 amide bonds. The lowest BCUT2D eigenvalue weighted by Crippen LogP contribution is -1.95. The average molecular weight is 255 g/mol. The molecule has 66 valence electrons. The Morgan fingerprint density at radius 3 is 3.00 bits per heavy atom. The highest BCUT2D eigenvalue weighted by Gasteiger charge is 1.99. The normalized spacial score (nSPS) is 9.23. The number of ketones is 1. The summed E-state index contributed by atoms with van der Waals surface area (Å²) in [6.07, 6.45) is 4.94. The first-order valence-electron chi connectivity index (χ1n) is 3.60. The van der Waals surface area contributed by atoms with E-state index in [1.807, 2.05) is 24.3 Å². The van der Waals surface area contributed by atoms with E-state index in [1.165, 1.54) is 11.8 Å². The number of halogens is 1. The van der Waals surface area contributed by atoms with E-state index in [0.717, 1.165) is 9.37 Å². The van der Waals surface area contributed by atoms with Crippen molar-refractivity contribution in [2.45, 2.75) is 4.90 Å². The topological polar surface area (TPSA) is 17.1 Å². The van der Waals surface area contributed by atoms with E-state index >= 15 is 0 Å². The van der Waals surface area contributed by atoms with Gasteiger partial charge in [0.1, 0.15) is 0 Å². The smallest absolute Gasteiger partial charge is 0.215 e. The lowest BCUT2D eigenvalue weighted by Gasteiger charge is -1.98. The molecule has 1 aromatic carbocycles. The average Bonchev–Trinajstić information content (AvgIpc) is 2.14. The summed E-state index contributed by atoms with van der Waals surface area (Å²) in [6.45, 7) is 0. The fourth-order valence-corrected chi connectivity index (χ4v) is 2.06. The Labute approximate surface area is 90.0 Å². The first-order valence-corrected chi connectivity index (χ1v) is 5.38. The van der Waals surface area contributed by atoms with Crippen molar-refractivity contribution in [3.8, 4) is 12.3 Å². The lowest BCUT2D eigenvalue weighted by molar-refractivity contribution is -0.111. The van der Waals surface area contributed by atoms with Gasteiger partial charge in [-0.3, -0.25) is 4.79 Å². The number of terminal acetylenes is 1. The zero-order chi connectivity index (χ0) is 9.68. The molecule has 0 bridgehead atoms. The second kappa shape index (κ2) is 5.11. The molecule has 0 aliphatic carbocycles. The molecule has 0 heterocycles. The molecule has 0 saturated heterocycles. The molecule has 0 saturated carbocycles.